The molecule has 0 radical (unpaired) electrons. The van der Waals surface area contributed by atoms with E-state index < -0.39 is 14.6 Å². The maximum atomic E-state index is 12.7. The summed E-state index contributed by atoms with van der Waals surface area (Å²) in [5.74, 6) is -0.278. The van der Waals surface area contributed by atoms with E-state index in [1.165, 1.54) is 17.0 Å². The molecule has 2 aliphatic rings. The molecule has 1 amide bonds. The fourth-order valence-corrected chi connectivity index (χ4v) is 6.46. The zero-order valence-electron chi connectivity index (χ0n) is 15.3. The van der Waals surface area contributed by atoms with Gasteiger partial charge < -0.3 is 14.7 Å². The molecule has 148 valence electrons. The van der Waals surface area contributed by atoms with Crippen LogP contribution in [0.25, 0.3) is 0 Å². The summed E-state index contributed by atoms with van der Waals surface area (Å²) in [5.41, 5.74) is 1.15. The minimum Gasteiger partial charge on any atom is -0.508 e. The lowest BCUT2D eigenvalue weighted by atomic mass is 9.83. The molecule has 1 aromatic carbocycles. The number of amides is 1. The van der Waals surface area contributed by atoms with E-state index in [4.69, 9.17) is 4.74 Å². The second kappa shape index (κ2) is 7.18. The summed E-state index contributed by atoms with van der Waals surface area (Å²) >= 11 is 0. The number of hydrogen-bond donors (Lipinski definition) is 1. The van der Waals surface area contributed by atoms with Crippen LogP contribution < -0.4 is 0 Å². The molecule has 2 fully saturated rings. The van der Waals surface area contributed by atoms with Crippen LogP contribution in [0.15, 0.2) is 48.7 Å². The number of phenols is 1. The second-order valence-electron chi connectivity index (χ2n) is 7.42. The van der Waals surface area contributed by atoms with Crippen LogP contribution in [-0.2, 0) is 21.2 Å². The van der Waals surface area contributed by atoms with Crippen molar-refractivity contribution in [2.24, 2.45) is 5.92 Å². The first-order valence-electron chi connectivity index (χ1n) is 9.19. The molecule has 2 aromatic rings. The lowest BCUT2D eigenvalue weighted by Gasteiger charge is -2.49. The fraction of sp³-hybridized carbons (Fsp3) is 0.400. The molecule has 28 heavy (non-hydrogen) atoms. The predicted molar refractivity (Wildman–Crippen MR) is 103 cm³/mol. The van der Waals surface area contributed by atoms with E-state index in [0.29, 0.717) is 25.2 Å². The summed E-state index contributed by atoms with van der Waals surface area (Å²) < 4.78 is 30.3. The van der Waals surface area contributed by atoms with E-state index in [9.17, 15) is 18.3 Å². The van der Waals surface area contributed by atoms with Gasteiger partial charge in [-0.2, -0.15) is 0 Å². The maximum Gasteiger partial charge on any atom is 0.254 e. The second-order valence-corrected chi connectivity index (χ2v) is 9.87. The normalized spacial score (nSPS) is 22.1. The minimum atomic E-state index is -3.29. The number of rotatable bonds is 5. The van der Waals surface area contributed by atoms with Gasteiger partial charge in [-0.05, 0) is 36.8 Å². The topological polar surface area (TPSA) is 96.8 Å². The molecule has 8 heteroatoms. The molecule has 1 aromatic heterocycles. The summed E-state index contributed by atoms with van der Waals surface area (Å²) in [6.45, 7) is 0.992. The molecule has 4 rings (SSSR count). The first kappa shape index (κ1) is 18.9. The molecular formula is C20H22N2O5S. The Hall–Kier alpha value is -2.45. The van der Waals surface area contributed by atoms with Gasteiger partial charge in [0.1, 0.15) is 10.5 Å². The van der Waals surface area contributed by atoms with Crippen molar-refractivity contribution in [3.8, 4) is 5.75 Å². The van der Waals surface area contributed by atoms with Gasteiger partial charge >= 0.3 is 0 Å². The summed E-state index contributed by atoms with van der Waals surface area (Å²) in [4.78, 5) is 18.3. The molecular weight excluding hydrogens is 380 g/mol. The Morgan fingerprint density at radius 1 is 1.25 bits per heavy atom. The summed E-state index contributed by atoms with van der Waals surface area (Å²) in [5, 5.41) is 9.57. The minimum absolute atomic E-state index is 0.00960. The predicted octanol–water partition coefficient (Wildman–Crippen LogP) is 1.63. The number of sulfone groups is 1. The van der Waals surface area contributed by atoms with Gasteiger partial charge in [-0.15, -0.1) is 0 Å². The number of likely N-dealkylation sites (tertiary alicyclic amines) is 1. The Labute approximate surface area is 163 Å². The van der Waals surface area contributed by atoms with Gasteiger partial charge in [0.15, 0.2) is 9.84 Å². The number of carbonyl (C=O) groups is 1. The number of aromatic nitrogens is 1. The Bertz CT molecular complexity index is 971. The van der Waals surface area contributed by atoms with E-state index in [2.05, 4.69) is 4.98 Å². The Balaban J connectivity index is 1.42. The van der Waals surface area contributed by atoms with E-state index in [0.717, 1.165) is 5.69 Å². The molecule has 0 bridgehead atoms. The molecule has 0 aliphatic carbocycles. The van der Waals surface area contributed by atoms with Crippen molar-refractivity contribution in [3.05, 3.63) is 59.9 Å². The van der Waals surface area contributed by atoms with Crippen LogP contribution in [0.4, 0.5) is 0 Å². The first-order valence-corrected chi connectivity index (χ1v) is 10.8. The number of carbonyl (C=O) groups excluding carboxylic acids is 1. The van der Waals surface area contributed by atoms with E-state index >= 15 is 0 Å². The number of nitrogens with zero attached hydrogens (tertiary/aromatic N) is 2. The smallest absolute Gasteiger partial charge is 0.254 e. The number of aromatic hydroxyl groups is 1. The van der Waals surface area contributed by atoms with E-state index in [-0.39, 0.29) is 36.4 Å². The average Bonchev–Trinajstić information content (AvgIpc) is 2.91. The number of hydrogen-bond acceptors (Lipinski definition) is 6. The largest absolute Gasteiger partial charge is 0.508 e. The van der Waals surface area contributed by atoms with Gasteiger partial charge in [0.25, 0.3) is 5.91 Å². The molecule has 0 saturated carbocycles. The van der Waals surface area contributed by atoms with Crippen LogP contribution in [0.3, 0.4) is 0 Å². The lowest BCUT2D eigenvalue weighted by Crippen LogP contribution is -2.68. The number of phenolic OH excluding ortho intramolecular Hbond substituents is 1. The van der Waals surface area contributed by atoms with Gasteiger partial charge in [-0.3, -0.25) is 9.78 Å². The zero-order chi connectivity index (χ0) is 19.8. The van der Waals surface area contributed by atoms with Crippen molar-refractivity contribution >= 4 is 15.7 Å². The van der Waals surface area contributed by atoms with Crippen molar-refractivity contribution in [2.45, 2.75) is 17.8 Å². The quantitative estimate of drug-likeness (QED) is 0.817. The maximum absolute atomic E-state index is 12.7. The third-order valence-corrected chi connectivity index (χ3v) is 8.29. The van der Waals surface area contributed by atoms with E-state index in [1.807, 2.05) is 18.2 Å². The van der Waals surface area contributed by atoms with Crippen molar-refractivity contribution in [1.29, 1.82) is 0 Å². The number of ether oxygens (including phenoxy) is 1. The van der Waals surface area contributed by atoms with Crippen molar-refractivity contribution < 1.29 is 23.1 Å². The van der Waals surface area contributed by atoms with Crippen molar-refractivity contribution in [1.82, 2.24) is 9.88 Å². The molecule has 1 N–H and O–H groups in total. The van der Waals surface area contributed by atoms with Gasteiger partial charge in [-0.25, -0.2) is 8.42 Å². The Morgan fingerprint density at radius 3 is 2.79 bits per heavy atom. The zero-order valence-corrected chi connectivity index (χ0v) is 16.1. The van der Waals surface area contributed by atoms with Gasteiger partial charge in [-0.1, -0.05) is 12.1 Å². The highest BCUT2D eigenvalue weighted by Gasteiger charge is 2.62. The van der Waals surface area contributed by atoms with Gasteiger partial charge in [0.05, 0.1) is 24.7 Å². The molecule has 1 atom stereocenters. The van der Waals surface area contributed by atoms with E-state index in [1.54, 1.807) is 18.3 Å². The van der Waals surface area contributed by atoms with Crippen LogP contribution in [0.1, 0.15) is 22.5 Å². The van der Waals surface area contributed by atoms with Crippen LogP contribution in [0.5, 0.6) is 5.75 Å². The molecule has 7 nitrogen and oxygen atoms in total. The summed E-state index contributed by atoms with van der Waals surface area (Å²) in [6, 6.07) is 11.7. The van der Waals surface area contributed by atoms with Crippen LogP contribution in [0, 0.1) is 5.92 Å². The molecule has 2 aliphatic heterocycles. The Kier molecular flexibility index (Phi) is 4.84. The highest BCUT2D eigenvalue weighted by molar-refractivity contribution is 7.93. The molecule has 3 heterocycles. The SMILES string of the molecule is O=C(c1cccc(O)c1)N1CC2(C1)[C@H](COCc1ccccn1)CCS2(=O)=O. The van der Waals surface area contributed by atoms with Gasteiger partial charge in [0, 0.05) is 30.8 Å². The number of benzene rings is 1. The standard InChI is InChI=1S/C20H22N2O5S/c23-18-6-3-4-15(10-18)19(24)22-13-20(14-22)16(7-9-28(20,25)26)11-27-12-17-5-1-2-8-21-17/h1-6,8,10,16,23H,7,9,11-14H2/t16-/m0/s1. The number of pyridine rings is 1. The summed E-state index contributed by atoms with van der Waals surface area (Å²) in [6.07, 6.45) is 2.23. The first-order chi connectivity index (χ1) is 13.4. The van der Waals surface area contributed by atoms with Crippen LogP contribution >= 0.6 is 0 Å². The summed E-state index contributed by atoms with van der Waals surface area (Å²) in [7, 11) is -3.29. The monoisotopic (exact) mass is 402 g/mol. The lowest BCUT2D eigenvalue weighted by molar-refractivity contribution is 0.0204. The third kappa shape index (κ3) is 3.27. The third-order valence-electron chi connectivity index (χ3n) is 5.69. The van der Waals surface area contributed by atoms with Gasteiger partial charge in [0.2, 0.25) is 0 Å². The average molecular weight is 402 g/mol. The Morgan fingerprint density at radius 2 is 2.07 bits per heavy atom. The van der Waals surface area contributed by atoms with Crippen LogP contribution in [0.2, 0.25) is 0 Å². The molecule has 1 spiro atoms. The van der Waals surface area contributed by atoms with Crippen LogP contribution in [-0.4, -0.2) is 59.5 Å². The van der Waals surface area contributed by atoms with Crippen molar-refractivity contribution in [2.75, 3.05) is 25.4 Å². The van der Waals surface area contributed by atoms with Crippen molar-refractivity contribution in [3.63, 3.8) is 0 Å². The molecule has 2 saturated heterocycles. The highest BCUT2D eigenvalue weighted by atomic mass is 32.2. The molecule has 0 unspecified atom stereocenters. The highest BCUT2D eigenvalue weighted by Crippen LogP contribution is 2.45. The fourth-order valence-electron chi connectivity index (χ4n) is 4.06.